The van der Waals surface area contributed by atoms with Gasteiger partial charge in [0, 0.05) is 44.3 Å². The van der Waals surface area contributed by atoms with Crippen molar-refractivity contribution in [1.29, 1.82) is 0 Å². The maximum Gasteiger partial charge on any atom is 0.254 e. The molecule has 0 spiro atoms. The van der Waals surface area contributed by atoms with E-state index in [1.165, 1.54) is 30.9 Å². The second-order valence-corrected chi connectivity index (χ2v) is 8.48. The van der Waals surface area contributed by atoms with Gasteiger partial charge in [-0.1, -0.05) is 44.0 Å². The normalized spacial score (nSPS) is 11.0. The standard InChI is InChI=1S/C28H35FN2O2/c1-3-4-5-9-23-13-15-25(16-14-23)28(32)31(18-8-19-33-2)22-27-12-7-17-30(27)21-24-10-6-11-26(29)20-24/h6-7,10-17,20H,3-5,8-9,18-19,21-22H2,1-2H3. The fourth-order valence-electron chi connectivity index (χ4n) is 4.00. The predicted molar refractivity (Wildman–Crippen MR) is 131 cm³/mol. The summed E-state index contributed by atoms with van der Waals surface area (Å²) in [4.78, 5) is 15.3. The Morgan fingerprint density at radius 3 is 2.55 bits per heavy atom. The summed E-state index contributed by atoms with van der Waals surface area (Å²) in [5.41, 5.74) is 3.88. The summed E-state index contributed by atoms with van der Waals surface area (Å²) in [6.07, 6.45) is 7.39. The lowest BCUT2D eigenvalue weighted by atomic mass is 10.0. The molecule has 1 heterocycles. The van der Waals surface area contributed by atoms with E-state index in [9.17, 15) is 9.18 Å². The molecule has 3 aromatic rings. The zero-order valence-electron chi connectivity index (χ0n) is 19.8. The van der Waals surface area contributed by atoms with Crippen molar-refractivity contribution in [2.75, 3.05) is 20.3 Å². The highest BCUT2D eigenvalue weighted by Gasteiger charge is 2.18. The first-order valence-electron chi connectivity index (χ1n) is 11.9. The van der Waals surface area contributed by atoms with Crippen molar-refractivity contribution in [2.24, 2.45) is 0 Å². The zero-order chi connectivity index (χ0) is 23.5. The number of hydrogen-bond acceptors (Lipinski definition) is 2. The highest BCUT2D eigenvalue weighted by atomic mass is 19.1. The Hall–Kier alpha value is -2.92. The van der Waals surface area contributed by atoms with E-state index >= 15 is 0 Å². The Kier molecular flexibility index (Phi) is 9.70. The number of aryl methyl sites for hydroxylation is 1. The van der Waals surface area contributed by atoms with E-state index in [-0.39, 0.29) is 11.7 Å². The summed E-state index contributed by atoms with van der Waals surface area (Å²) in [6, 6.07) is 18.7. The van der Waals surface area contributed by atoms with E-state index < -0.39 is 0 Å². The second kappa shape index (κ2) is 12.9. The lowest BCUT2D eigenvalue weighted by molar-refractivity contribution is 0.0720. The zero-order valence-corrected chi connectivity index (χ0v) is 19.8. The van der Waals surface area contributed by atoms with Crippen LogP contribution in [-0.4, -0.2) is 35.6 Å². The molecule has 0 N–H and O–H groups in total. The highest BCUT2D eigenvalue weighted by Crippen LogP contribution is 2.16. The maximum absolute atomic E-state index is 13.6. The number of halogens is 1. The quantitative estimate of drug-likeness (QED) is 0.296. The minimum atomic E-state index is -0.240. The Morgan fingerprint density at radius 1 is 1.00 bits per heavy atom. The van der Waals surface area contributed by atoms with Crippen LogP contribution in [0.4, 0.5) is 4.39 Å². The summed E-state index contributed by atoms with van der Waals surface area (Å²) < 4.78 is 20.9. The number of methoxy groups -OCH3 is 1. The first kappa shape index (κ1) is 24.7. The van der Waals surface area contributed by atoms with E-state index in [1.54, 1.807) is 19.2 Å². The van der Waals surface area contributed by atoms with Crippen LogP contribution in [-0.2, 0) is 24.2 Å². The van der Waals surface area contributed by atoms with Gasteiger partial charge in [-0.15, -0.1) is 0 Å². The Bertz CT molecular complexity index is 997. The Balaban J connectivity index is 1.72. The van der Waals surface area contributed by atoms with Gasteiger partial charge in [0.05, 0.1) is 6.54 Å². The van der Waals surface area contributed by atoms with Crippen LogP contribution >= 0.6 is 0 Å². The number of benzene rings is 2. The monoisotopic (exact) mass is 450 g/mol. The van der Waals surface area contributed by atoms with Gasteiger partial charge in [-0.3, -0.25) is 4.79 Å². The fourth-order valence-corrected chi connectivity index (χ4v) is 4.00. The van der Waals surface area contributed by atoms with Crippen LogP contribution in [0.2, 0.25) is 0 Å². The Morgan fingerprint density at radius 2 is 1.82 bits per heavy atom. The highest BCUT2D eigenvalue weighted by molar-refractivity contribution is 5.94. The molecule has 0 unspecified atom stereocenters. The third kappa shape index (κ3) is 7.57. The van der Waals surface area contributed by atoms with Crippen molar-refractivity contribution in [3.63, 3.8) is 0 Å². The fraction of sp³-hybridized carbons (Fsp3) is 0.393. The number of unbranched alkanes of at least 4 members (excludes halogenated alkanes) is 2. The molecule has 0 fully saturated rings. The molecule has 0 atom stereocenters. The van der Waals surface area contributed by atoms with E-state index in [2.05, 4.69) is 23.6 Å². The lowest BCUT2D eigenvalue weighted by Crippen LogP contribution is -2.33. The lowest BCUT2D eigenvalue weighted by Gasteiger charge is -2.24. The van der Waals surface area contributed by atoms with Crippen LogP contribution < -0.4 is 0 Å². The molecular formula is C28H35FN2O2. The molecule has 4 nitrogen and oxygen atoms in total. The maximum atomic E-state index is 13.6. The number of aromatic nitrogens is 1. The molecule has 1 aromatic heterocycles. The summed E-state index contributed by atoms with van der Waals surface area (Å²) in [5, 5.41) is 0. The molecule has 0 aliphatic carbocycles. The Labute approximate surface area is 197 Å². The summed E-state index contributed by atoms with van der Waals surface area (Å²) in [7, 11) is 1.67. The number of hydrogen-bond donors (Lipinski definition) is 0. The van der Waals surface area contributed by atoms with Crippen molar-refractivity contribution in [1.82, 2.24) is 9.47 Å². The van der Waals surface area contributed by atoms with Crippen molar-refractivity contribution >= 4 is 5.91 Å². The van der Waals surface area contributed by atoms with Gasteiger partial charge in [0.15, 0.2) is 0 Å². The number of amides is 1. The van der Waals surface area contributed by atoms with Crippen LogP contribution in [0.3, 0.4) is 0 Å². The molecule has 0 bridgehead atoms. The van der Waals surface area contributed by atoms with Crippen molar-refractivity contribution in [3.8, 4) is 0 Å². The van der Waals surface area contributed by atoms with Gasteiger partial charge in [-0.2, -0.15) is 0 Å². The van der Waals surface area contributed by atoms with Gasteiger partial charge in [-0.05, 0) is 66.8 Å². The summed E-state index contributed by atoms with van der Waals surface area (Å²) in [5.74, 6) is -0.222. The van der Waals surface area contributed by atoms with E-state index in [1.807, 2.05) is 41.4 Å². The number of carbonyl (C=O) groups is 1. The van der Waals surface area contributed by atoms with Crippen LogP contribution in [0.5, 0.6) is 0 Å². The molecule has 0 saturated carbocycles. The van der Waals surface area contributed by atoms with Gasteiger partial charge < -0.3 is 14.2 Å². The number of ether oxygens (including phenoxy) is 1. The predicted octanol–water partition coefficient (Wildman–Crippen LogP) is 6.09. The molecule has 0 saturated heterocycles. The third-order valence-corrected chi connectivity index (χ3v) is 5.85. The molecule has 0 radical (unpaired) electrons. The molecule has 0 aliphatic heterocycles. The molecule has 2 aromatic carbocycles. The topological polar surface area (TPSA) is 34.5 Å². The van der Waals surface area contributed by atoms with Crippen LogP contribution in [0.15, 0.2) is 66.9 Å². The van der Waals surface area contributed by atoms with E-state index in [0.717, 1.165) is 24.1 Å². The average molecular weight is 451 g/mol. The third-order valence-electron chi connectivity index (χ3n) is 5.85. The van der Waals surface area contributed by atoms with E-state index in [4.69, 9.17) is 4.74 Å². The molecular weight excluding hydrogens is 415 g/mol. The van der Waals surface area contributed by atoms with Crippen LogP contribution in [0, 0.1) is 5.82 Å². The number of carbonyl (C=O) groups excluding carboxylic acids is 1. The van der Waals surface area contributed by atoms with Gasteiger partial charge in [0.25, 0.3) is 5.91 Å². The molecule has 33 heavy (non-hydrogen) atoms. The van der Waals surface area contributed by atoms with Crippen molar-refractivity contribution in [2.45, 2.75) is 52.1 Å². The SMILES string of the molecule is CCCCCc1ccc(C(=O)N(CCCOC)Cc2cccn2Cc2cccc(F)c2)cc1. The van der Waals surface area contributed by atoms with Gasteiger partial charge in [-0.25, -0.2) is 4.39 Å². The molecule has 0 aliphatic rings. The minimum absolute atomic E-state index is 0.0183. The van der Waals surface area contributed by atoms with Crippen LogP contribution in [0.1, 0.15) is 59.8 Å². The molecule has 3 rings (SSSR count). The minimum Gasteiger partial charge on any atom is -0.385 e. The first-order chi connectivity index (χ1) is 16.1. The van der Waals surface area contributed by atoms with E-state index in [0.29, 0.717) is 31.8 Å². The van der Waals surface area contributed by atoms with Gasteiger partial charge in [0.2, 0.25) is 0 Å². The van der Waals surface area contributed by atoms with Crippen molar-refractivity contribution < 1.29 is 13.9 Å². The average Bonchev–Trinajstić information content (AvgIpc) is 3.25. The van der Waals surface area contributed by atoms with Crippen molar-refractivity contribution in [3.05, 3.63) is 95.1 Å². The number of rotatable bonds is 13. The second-order valence-electron chi connectivity index (χ2n) is 8.48. The summed E-state index contributed by atoms with van der Waals surface area (Å²) in [6.45, 7) is 4.46. The first-order valence-corrected chi connectivity index (χ1v) is 11.9. The molecule has 1 amide bonds. The largest absolute Gasteiger partial charge is 0.385 e. The molecule has 176 valence electrons. The van der Waals surface area contributed by atoms with Gasteiger partial charge >= 0.3 is 0 Å². The molecule has 5 heteroatoms. The van der Waals surface area contributed by atoms with Crippen LogP contribution in [0.25, 0.3) is 0 Å². The smallest absolute Gasteiger partial charge is 0.254 e. The summed E-state index contributed by atoms with van der Waals surface area (Å²) >= 11 is 0. The van der Waals surface area contributed by atoms with Gasteiger partial charge in [0.1, 0.15) is 5.82 Å². The number of nitrogens with zero attached hydrogens (tertiary/aromatic N) is 2.